The Morgan fingerprint density at radius 2 is 1.91 bits per heavy atom. The molecule has 0 unspecified atom stereocenters. The molecule has 0 aliphatic heterocycles. The molecule has 4 nitrogen and oxygen atoms in total. The van der Waals surface area contributed by atoms with Crippen LogP contribution in [0.5, 0.6) is 0 Å². The molecule has 0 radical (unpaired) electrons. The zero-order valence-corrected chi connectivity index (χ0v) is 13.5. The number of carbonyl (C=O) groups is 1. The summed E-state index contributed by atoms with van der Waals surface area (Å²) in [5, 5.41) is 2.79. The van der Waals surface area contributed by atoms with Gasteiger partial charge in [0.1, 0.15) is 5.82 Å². The van der Waals surface area contributed by atoms with Gasteiger partial charge in [0.2, 0.25) is 5.91 Å². The normalized spacial score (nSPS) is 10.5. The minimum absolute atomic E-state index is 0.117. The van der Waals surface area contributed by atoms with Crippen LogP contribution in [0.1, 0.15) is 12.0 Å². The van der Waals surface area contributed by atoms with E-state index in [9.17, 15) is 14.0 Å². The smallest absolute Gasteiger partial charge is 0.250 e. The van der Waals surface area contributed by atoms with Crippen molar-refractivity contribution in [3.05, 3.63) is 68.8 Å². The summed E-state index contributed by atoms with van der Waals surface area (Å²) in [6.45, 7) is 0.818. The van der Waals surface area contributed by atoms with Crippen LogP contribution in [0, 0.1) is 5.82 Å². The molecule has 1 aromatic heterocycles. The molecule has 6 heteroatoms. The highest BCUT2D eigenvalue weighted by Gasteiger charge is 2.03. The second-order valence-electron chi connectivity index (χ2n) is 4.86. The molecule has 22 heavy (non-hydrogen) atoms. The third kappa shape index (κ3) is 5.11. The zero-order valence-electron chi connectivity index (χ0n) is 11.9. The number of hydrogen-bond donors (Lipinski definition) is 1. The van der Waals surface area contributed by atoms with E-state index in [1.807, 2.05) is 0 Å². The molecule has 0 atom stereocenters. The van der Waals surface area contributed by atoms with Crippen LogP contribution in [0.4, 0.5) is 4.39 Å². The number of nitrogens with zero attached hydrogens (tertiary/aromatic N) is 1. The quantitative estimate of drug-likeness (QED) is 0.853. The van der Waals surface area contributed by atoms with Gasteiger partial charge in [0.05, 0.1) is 0 Å². The first-order valence-corrected chi connectivity index (χ1v) is 7.71. The number of aryl methyl sites for hydroxylation is 1. The van der Waals surface area contributed by atoms with Crippen molar-refractivity contribution >= 4 is 21.8 Å². The summed E-state index contributed by atoms with van der Waals surface area (Å²) in [5.41, 5.74) is 0.826. The van der Waals surface area contributed by atoms with E-state index >= 15 is 0 Å². The summed E-state index contributed by atoms with van der Waals surface area (Å²) in [6.07, 6.45) is 2.54. The number of pyridine rings is 1. The van der Waals surface area contributed by atoms with E-state index in [4.69, 9.17) is 0 Å². The van der Waals surface area contributed by atoms with Crippen molar-refractivity contribution < 1.29 is 9.18 Å². The van der Waals surface area contributed by atoms with Gasteiger partial charge in [0.25, 0.3) is 5.56 Å². The third-order valence-corrected chi connectivity index (χ3v) is 3.65. The summed E-state index contributed by atoms with van der Waals surface area (Å²) in [4.78, 5) is 23.3. The van der Waals surface area contributed by atoms with Gasteiger partial charge < -0.3 is 9.88 Å². The van der Waals surface area contributed by atoms with E-state index in [1.165, 1.54) is 22.8 Å². The van der Waals surface area contributed by atoms with E-state index in [1.54, 1.807) is 24.4 Å². The molecule has 0 bridgehead atoms. The van der Waals surface area contributed by atoms with E-state index < -0.39 is 0 Å². The Morgan fingerprint density at radius 3 is 2.64 bits per heavy atom. The largest absolute Gasteiger partial charge is 0.356 e. The maximum atomic E-state index is 12.8. The van der Waals surface area contributed by atoms with Gasteiger partial charge in [-0.05, 0) is 46.1 Å². The van der Waals surface area contributed by atoms with Gasteiger partial charge in [-0.15, -0.1) is 0 Å². The standard InChI is InChI=1S/C16H16BrFN2O2/c17-13-3-6-16(22)20(11-13)10-8-15(21)19-9-7-12-1-4-14(18)5-2-12/h1-6,11H,7-10H2,(H,19,21). The summed E-state index contributed by atoms with van der Waals surface area (Å²) < 4.78 is 15.0. The fraction of sp³-hybridized carbons (Fsp3) is 0.250. The number of amides is 1. The highest BCUT2D eigenvalue weighted by atomic mass is 79.9. The average molecular weight is 367 g/mol. The molecule has 2 rings (SSSR count). The molecule has 0 fully saturated rings. The highest BCUT2D eigenvalue weighted by Crippen LogP contribution is 2.05. The Bertz CT molecular complexity index is 698. The number of hydrogen-bond acceptors (Lipinski definition) is 2. The maximum absolute atomic E-state index is 12.8. The fourth-order valence-corrected chi connectivity index (χ4v) is 2.36. The van der Waals surface area contributed by atoms with Gasteiger partial charge in [-0.2, -0.15) is 0 Å². The van der Waals surface area contributed by atoms with Crippen LogP contribution in [0.3, 0.4) is 0 Å². The van der Waals surface area contributed by atoms with Gasteiger partial charge in [-0.25, -0.2) is 4.39 Å². The molecule has 2 aromatic rings. The van der Waals surface area contributed by atoms with E-state index in [2.05, 4.69) is 21.2 Å². The van der Waals surface area contributed by atoms with Crippen LogP contribution in [0.2, 0.25) is 0 Å². The lowest BCUT2D eigenvalue weighted by atomic mass is 10.1. The number of carbonyl (C=O) groups excluding carboxylic acids is 1. The van der Waals surface area contributed by atoms with Gasteiger partial charge in [-0.3, -0.25) is 9.59 Å². The summed E-state index contributed by atoms with van der Waals surface area (Å²) in [6, 6.07) is 9.32. The molecular formula is C16H16BrFN2O2. The third-order valence-electron chi connectivity index (χ3n) is 3.18. The van der Waals surface area contributed by atoms with E-state index in [-0.39, 0.29) is 23.7 Å². The molecule has 116 valence electrons. The van der Waals surface area contributed by atoms with Crippen molar-refractivity contribution in [3.8, 4) is 0 Å². The van der Waals surface area contributed by atoms with E-state index in [0.717, 1.165) is 10.0 Å². The highest BCUT2D eigenvalue weighted by molar-refractivity contribution is 9.10. The first-order valence-electron chi connectivity index (χ1n) is 6.92. The van der Waals surface area contributed by atoms with Gasteiger partial charge >= 0.3 is 0 Å². The van der Waals surface area contributed by atoms with Crippen LogP contribution in [-0.2, 0) is 17.8 Å². The second kappa shape index (κ2) is 7.89. The van der Waals surface area contributed by atoms with Crippen LogP contribution in [0.15, 0.2) is 51.9 Å². The topological polar surface area (TPSA) is 51.1 Å². The van der Waals surface area contributed by atoms with Crippen LogP contribution in [0.25, 0.3) is 0 Å². The van der Waals surface area contributed by atoms with Crippen LogP contribution in [-0.4, -0.2) is 17.0 Å². The van der Waals surface area contributed by atoms with Crippen molar-refractivity contribution in [1.29, 1.82) is 0 Å². The Hall–Kier alpha value is -1.95. The maximum Gasteiger partial charge on any atom is 0.250 e. The van der Waals surface area contributed by atoms with Crippen molar-refractivity contribution in [3.63, 3.8) is 0 Å². The SMILES string of the molecule is O=C(CCn1cc(Br)ccc1=O)NCCc1ccc(F)cc1. The van der Waals surface area contributed by atoms with Crippen LogP contribution >= 0.6 is 15.9 Å². The molecule has 0 saturated heterocycles. The summed E-state index contributed by atoms with van der Waals surface area (Å²) in [5.74, 6) is -0.388. The molecule has 0 spiro atoms. The molecule has 0 aliphatic rings. The predicted molar refractivity (Wildman–Crippen MR) is 86.1 cm³/mol. The van der Waals surface area contributed by atoms with E-state index in [0.29, 0.717) is 19.5 Å². The lowest BCUT2D eigenvalue weighted by Gasteiger charge is -2.07. The van der Waals surface area contributed by atoms with Crippen molar-refractivity contribution in [2.24, 2.45) is 0 Å². The molecule has 1 N–H and O–H groups in total. The number of rotatable bonds is 6. The van der Waals surface area contributed by atoms with Gasteiger partial charge in [0, 0.05) is 36.2 Å². The predicted octanol–water partition coefficient (Wildman–Crippen LogP) is 2.50. The van der Waals surface area contributed by atoms with Gasteiger partial charge in [0.15, 0.2) is 0 Å². The van der Waals surface area contributed by atoms with Crippen molar-refractivity contribution in [2.45, 2.75) is 19.4 Å². The average Bonchev–Trinajstić information content (AvgIpc) is 2.50. The number of nitrogens with one attached hydrogen (secondary N) is 1. The molecular weight excluding hydrogens is 351 g/mol. The minimum Gasteiger partial charge on any atom is -0.356 e. The summed E-state index contributed by atoms with van der Waals surface area (Å²) >= 11 is 3.29. The lowest BCUT2D eigenvalue weighted by Crippen LogP contribution is -2.28. The van der Waals surface area contributed by atoms with Crippen molar-refractivity contribution in [2.75, 3.05) is 6.54 Å². The number of halogens is 2. The molecule has 1 aromatic carbocycles. The number of benzene rings is 1. The number of aromatic nitrogens is 1. The molecule has 1 amide bonds. The molecule has 1 heterocycles. The second-order valence-corrected chi connectivity index (χ2v) is 5.77. The minimum atomic E-state index is -0.271. The molecule has 0 saturated carbocycles. The summed E-state index contributed by atoms with van der Waals surface area (Å²) in [7, 11) is 0. The Labute approximate surface area is 136 Å². The molecule has 0 aliphatic carbocycles. The van der Waals surface area contributed by atoms with Gasteiger partial charge in [-0.1, -0.05) is 12.1 Å². The van der Waals surface area contributed by atoms with Crippen molar-refractivity contribution in [1.82, 2.24) is 9.88 Å². The fourth-order valence-electron chi connectivity index (χ4n) is 1.98. The zero-order chi connectivity index (χ0) is 15.9. The Morgan fingerprint density at radius 1 is 1.18 bits per heavy atom. The Kier molecular flexibility index (Phi) is 5.89. The van der Waals surface area contributed by atoms with Crippen LogP contribution < -0.4 is 10.9 Å². The lowest BCUT2D eigenvalue weighted by molar-refractivity contribution is -0.121. The first-order chi connectivity index (χ1) is 10.5. The Balaban J connectivity index is 1.75. The first kappa shape index (κ1) is 16.4. The monoisotopic (exact) mass is 366 g/mol.